The Kier molecular flexibility index (Phi) is 7.54. The number of carbonyl (C=O) groups is 4. The van der Waals surface area contributed by atoms with E-state index in [-0.39, 0.29) is 6.42 Å². The van der Waals surface area contributed by atoms with Crippen LogP contribution in [-0.2, 0) is 25.6 Å². The molecule has 1 aromatic rings. The Morgan fingerprint density at radius 3 is 2.20 bits per heavy atom. The first-order valence-electron chi connectivity index (χ1n) is 7.62. The standard InChI is InChI=1S/C16H22N4O5/c1-9(16(24)25)19-15(23)12(8-13(18)21)20-14(22)11(17)7-10-5-3-2-4-6-10/h2-6,9,11-12H,7-8,17H2,1H3,(H2,18,21)(H,19,23)(H,20,22)(H,24,25)/t9-,11-,12-/m0/s1. The normalized spacial score (nSPS) is 14.0. The number of nitrogens with two attached hydrogens (primary N) is 2. The van der Waals surface area contributed by atoms with Crippen LogP contribution in [0.2, 0.25) is 0 Å². The van der Waals surface area contributed by atoms with E-state index in [0.717, 1.165) is 5.56 Å². The van der Waals surface area contributed by atoms with Gasteiger partial charge in [-0.2, -0.15) is 0 Å². The SMILES string of the molecule is C[C@H](NC(=O)[C@H](CC(N)=O)NC(=O)[C@@H](N)Cc1ccccc1)C(=O)O. The zero-order valence-corrected chi connectivity index (χ0v) is 13.8. The van der Waals surface area contributed by atoms with Crippen molar-refractivity contribution in [2.24, 2.45) is 11.5 Å². The van der Waals surface area contributed by atoms with Gasteiger partial charge in [0.25, 0.3) is 0 Å². The molecule has 25 heavy (non-hydrogen) atoms. The summed E-state index contributed by atoms with van der Waals surface area (Å²) >= 11 is 0. The number of benzene rings is 1. The smallest absolute Gasteiger partial charge is 0.325 e. The van der Waals surface area contributed by atoms with Crippen molar-refractivity contribution in [3.8, 4) is 0 Å². The van der Waals surface area contributed by atoms with Crippen molar-refractivity contribution >= 4 is 23.7 Å². The molecule has 7 N–H and O–H groups in total. The predicted molar refractivity (Wildman–Crippen MR) is 89.1 cm³/mol. The molecular formula is C16H22N4O5. The number of primary amides is 1. The van der Waals surface area contributed by atoms with Crippen LogP contribution < -0.4 is 22.1 Å². The van der Waals surface area contributed by atoms with E-state index in [2.05, 4.69) is 10.6 Å². The van der Waals surface area contributed by atoms with E-state index in [9.17, 15) is 19.2 Å². The summed E-state index contributed by atoms with van der Waals surface area (Å²) < 4.78 is 0. The number of aliphatic carboxylic acids is 1. The highest BCUT2D eigenvalue weighted by atomic mass is 16.4. The van der Waals surface area contributed by atoms with Crippen LogP contribution in [0.15, 0.2) is 30.3 Å². The number of hydrogen-bond donors (Lipinski definition) is 5. The molecule has 136 valence electrons. The molecule has 0 aliphatic heterocycles. The highest BCUT2D eigenvalue weighted by molar-refractivity contribution is 5.94. The second-order valence-corrected chi connectivity index (χ2v) is 5.60. The van der Waals surface area contributed by atoms with Gasteiger partial charge >= 0.3 is 5.97 Å². The van der Waals surface area contributed by atoms with Gasteiger partial charge in [-0.05, 0) is 18.9 Å². The summed E-state index contributed by atoms with van der Waals surface area (Å²) in [4.78, 5) is 46.2. The number of nitrogens with one attached hydrogen (secondary N) is 2. The monoisotopic (exact) mass is 350 g/mol. The van der Waals surface area contributed by atoms with Crippen molar-refractivity contribution < 1.29 is 24.3 Å². The average Bonchev–Trinajstić information content (AvgIpc) is 2.54. The van der Waals surface area contributed by atoms with E-state index in [1.165, 1.54) is 6.92 Å². The van der Waals surface area contributed by atoms with Crippen molar-refractivity contribution in [1.82, 2.24) is 10.6 Å². The molecule has 0 bridgehead atoms. The van der Waals surface area contributed by atoms with Gasteiger partial charge in [-0.25, -0.2) is 0 Å². The first-order chi connectivity index (χ1) is 11.7. The van der Waals surface area contributed by atoms with Crippen LogP contribution in [-0.4, -0.2) is 46.9 Å². The lowest BCUT2D eigenvalue weighted by Gasteiger charge is -2.21. The van der Waals surface area contributed by atoms with E-state index in [4.69, 9.17) is 16.6 Å². The second kappa shape index (κ2) is 9.38. The summed E-state index contributed by atoms with van der Waals surface area (Å²) in [7, 11) is 0. The van der Waals surface area contributed by atoms with Gasteiger partial charge in [0, 0.05) is 0 Å². The van der Waals surface area contributed by atoms with Crippen LogP contribution in [0, 0.1) is 0 Å². The summed E-state index contributed by atoms with van der Waals surface area (Å²) in [6.45, 7) is 1.25. The van der Waals surface area contributed by atoms with Crippen molar-refractivity contribution in [2.45, 2.75) is 37.9 Å². The van der Waals surface area contributed by atoms with Crippen molar-refractivity contribution in [2.75, 3.05) is 0 Å². The molecular weight excluding hydrogens is 328 g/mol. The number of carbonyl (C=O) groups excluding carboxylic acids is 3. The Hall–Kier alpha value is -2.94. The maximum absolute atomic E-state index is 12.2. The molecule has 0 heterocycles. The molecule has 0 saturated heterocycles. The maximum Gasteiger partial charge on any atom is 0.325 e. The van der Waals surface area contributed by atoms with Gasteiger partial charge in [0.1, 0.15) is 12.1 Å². The lowest BCUT2D eigenvalue weighted by Crippen LogP contribution is -2.55. The first kappa shape index (κ1) is 20.1. The lowest BCUT2D eigenvalue weighted by atomic mass is 10.1. The fraction of sp³-hybridized carbons (Fsp3) is 0.375. The molecule has 3 amide bonds. The Balaban J connectivity index is 2.72. The third-order valence-electron chi connectivity index (χ3n) is 3.40. The summed E-state index contributed by atoms with van der Waals surface area (Å²) in [5, 5.41) is 13.3. The van der Waals surface area contributed by atoms with Gasteiger partial charge in [0.15, 0.2) is 0 Å². The third-order valence-corrected chi connectivity index (χ3v) is 3.40. The van der Waals surface area contributed by atoms with Gasteiger partial charge in [0.2, 0.25) is 17.7 Å². The van der Waals surface area contributed by atoms with Crippen LogP contribution in [0.3, 0.4) is 0 Å². The summed E-state index contributed by atoms with van der Waals surface area (Å²) in [5.74, 6) is -3.54. The van der Waals surface area contributed by atoms with E-state index < -0.39 is 48.2 Å². The van der Waals surface area contributed by atoms with Gasteiger partial charge in [-0.1, -0.05) is 30.3 Å². The molecule has 0 aromatic heterocycles. The Labute approximate surface area is 144 Å². The number of hydrogen-bond acceptors (Lipinski definition) is 5. The molecule has 0 saturated carbocycles. The quantitative estimate of drug-likeness (QED) is 0.364. The highest BCUT2D eigenvalue weighted by Gasteiger charge is 2.27. The van der Waals surface area contributed by atoms with Crippen LogP contribution in [0.25, 0.3) is 0 Å². The van der Waals surface area contributed by atoms with E-state index in [0.29, 0.717) is 0 Å². The van der Waals surface area contributed by atoms with Gasteiger partial charge in [-0.3, -0.25) is 19.2 Å². The fourth-order valence-corrected chi connectivity index (χ4v) is 2.03. The van der Waals surface area contributed by atoms with E-state index in [1.54, 1.807) is 24.3 Å². The van der Waals surface area contributed by atoms with Gasteiger partial charge in [-0.15, -0.1) is 0 Å². The second-order valence-electron chi connectivity index (χ2n) is 5.60. The van der Waals surface area contributed by atoms with E-state index in [1.807, 2.05) is 6.07 Å². The molecule has 9 nitrogen and oxygen atoms in total. The molecule has 0 aliphatic carbocycles. The lowest BCUT2D eigenvalue weighted by molar-refractivity contribution is -0.141. The minimum Gasteiger partial charge on any atom is -0.480 e. The molecule has 1 aromatic carbocycles. The van der Waals surface area contributed by atoms with Crippen LogP contribution in [0.4, 0.5) is 0 Å². The van der Waals surface area contributed by atoms with Gasteiger partial charge in [0.05, 0.1) is 12.5 Å². The molecule has 3 atom stereocenters. The fourth-order valence-electron chi connectivity index (χ4n) is 2.03. The number of carboxylic acid groups (broad SMARTS) is 1. The Bertz CT molecular complexity index is 635. The minimum atomic E-state index is -1.30. The van der Waals surface area contributed by atoms with Crippen LogP contribution >= 0.6 is 0 Å². The average molecular weight is 350 g/mol. The first-order valence-corrected chi connectivity index (χ1v) is 7.62. The summed E-state index contributed by atoms with van der Waals surface area (Å²) in [6, 6.07) is 5.61. The number of amides is 3. The summed E-state index contributed by atoms with van der Waals surface area (Å²) in [5.41, 5.74) is 11.7. The predicted octanol–water partition coefficient (Wildman–Crippen LogP) is -1.49. The summed E-state index contributed by atoms with van der Waals surface area (Å²) in [6.07, 6.45) is -0.231. The molecule has 0 radical (unpaired) electrons. The molecule has 0 spiro atoms. The number of carboxylic acids is 1. The van der Waals surface area contributed by atoms with Crippen molar-refractivity contribution in [3.05, 3.63) is 35.9 Å². The molecule has 9 heteroatoms. The Morgan fingerprint density at radius 1 is 1.08 bits per heavy atom. The molecule has 1 rings (SSSR count). The van der Waals surface area contributed by atoms with Crippen molar-refractivity contribution in [1.29, 1.82) is 0 Å². The maximum atomic E-state index is 12.2. The third kappa shape index (κ3) is 7.00. The zero-order valence-electron chi connectivity index (χ0n) is 13.8. The largest absolute Gasteiger partial charge is 0.480 e. The van der Waals surface area contributed by atoms with Gasteiger partial charge < -0.3 is 27.2 Å². The number of rotatable bonds is 9. The minimum absolute atomic E-state index is 0.239. The molecule has 0 fully saturated rings. The topological polar surface area (TPSA) is 165 Å². The zero-order chi connectivity index (χ0) is 19.0. The Morgan fingerprint density at radius 2 is 1.68 bits per heavy atom. The van der Waals surface area contributed by atoms with Crippen molar-refractivity contribution in [3.63, 3.8) is 0 Å². The van der Waals surface area contributed by atoms with E-state index >= 15 is 0 Å². The molecule has 0 aliphatic rings. The van der Waals surface area contributed by atoms with Crippen LogP contribution in [0.5, 0.6) is 0 Å². The van der Waals surface area contributed by atoms with Crippen LogP contribution in [0.1, 0.15) is 18.9 Å². The highest BCUT2D eigenvalue weighted by Crippen LogP contribution is 2.03. The molecule has 0 unspecified atom stereocenters.